The SMILES string of the molecule is CC(C)N1c2[c-]c(ccc2)N(C(C)C)c2cccc(n2)N(C(C)C)c2[c-]c(ccc2)N(C(C)C)c2cccc1n2.CC1(C)c2[c-]c(ccc2)N(c2ccccc2)c2cccc(n2)C(C)(C)c2[c-]c(ccc2)N(c2ccccc2)c2cccc1n2.CC1(C)c2[c-]c(ccc2)Oc2cccc(n2)C(C)(C)c2[c-]c(ccc2)Oc2cccc1n2.[Pt+2].[Pt+2].[Pt+2].[Pt+2].[c-]1c2cccc1Oc1cccc(n1)Oc1[c-]c(ccc1)Oc1cccc(n1)O2. The van der Waals surface area contributed by atoms with Crippen molar-refractivity contribution in [3.63, 3.8) is 0 Å². The molecule has 0 atom stereocenters. The molecule has 32 bridgehead atoms. The van der Waals surface area contributed by atoms with E-state index in [1.165, 1.54) is 0 Å². The molecule has 752 valence electrons. The number of hydrogen-bond acceptors (Lipinski definition) is 20. The van der Waals surface area contributed by atoms with Crippen LogP contribution in [-0.4, -0.2) is 64.0 Å². The summed E-state index contributed by atoms with van der Waals surface area (Å²) in [6, 6.07) is 144. The zero-order chi connectivity index (χ0) is 100.0. The fourth-order valence-corrected chi connectivity index (χ4v) is 17.8. The summed E-state index contributed by atoms with van der Waals surface area (Å²) in [5, 5.41) is 0. The summed E-state index contributed by atoms with van der Waals surface area (Å²) in [4.78, 5) is 52.8. The van der Waals surface area contributed by atoms with Crippen molar-refractivity contribution in [2.75, 3.05) is 29.4 Å². The van der Waals surface area contributed by atoms with Gasteiger partial charge in [-0.2, -0.15) is 94.9 Å². The second-order valence-corrected chi connectivity index (χ2v) is 38.5. The quantitative estimate of drug-likeness (QED) is 0.143. The van der Waals surface area contributed by atoms with Crippen LogP contribution in [0.5, 0.6) is 69.8 Å². The van der Waals surface area contributed by atoms with Crippen LogP contribution < -0.4 is 57.8 Å². The first-order valence-corrected chi connectivity index (χ1v) is 48.5. The van der Waals surface area contributed by atoms with Gasteiger partial charge in [-0.15, -0.1) is 119 Å². The number of rotatable bonds is 6. The molecule has 0 spiro atoms. The van der Waals surface area contributed by atoms with Gasteiger partial charge in [0.05, 0.1) is 22.8 Å². The number of pyridine rings is 8. The molecule has 0 saturated heterocycles. The molecule has 4 aliphatic rings. The monoisotopic (exact) mass is 2670 g/mol. The average molecular weight is 2670 g/mol. The summed E-state index contributed by atoms with van der Waals surface area (Å²) >= 11 is 0. The number of nitrogens with zero attached hydrogens (tertiary/aromatic N) is 14. The predicted molar refractivity (Wildman–Crippen MR) is 571 cm³/mol. The Bertz CT molecular complexity index is 6640. The van der Waals surface area contributed by atoms with Crippen LogP contribution in [-0.2, 0) is 106 Å². The summed E-state index contributed by atoms with van der Waals surface area (Å²) in [5.41, 5.74) is 13.8. The van der Waals surface area contributed by atoms with E-state index >= 15 is 0 Å². The Balaban J connectivity index is 0.000000148. The van der Waals surface area contributed by atoms with Crippen molar-refractivity contribution >= 4 is 80.4 Å². The molecule has 0 aliphatic carbocycles. The van der Waals surface area contributed by atoms with Crippen LogP contribution in [0.2, 0.25) is 0 Å². The minimum absolute atomic E-state index is 0. The molecular weight excluding hydrogens is 2560 g/mol. The van der Waals surface area contributed by atoms with E-state index in [1.54, 1.807) is 72.8 Å². The van der Waals surface area contributed by atoms with Gasteiger partial charge in [-0.25, -0.2) is 29.9 Å². The number of para-hydroxylation sites is 2. The molecule has 24 heteroatoms. The Morgan fingerprint density at radius 1 is 0.189 bits per heavy atom. The van der Waals surface area contributed by atoms with E-state index in [-0.39, 0.29) is 108 Å². The van der Waals surface area contributed by atoms with Crippen LogP contribution in [0.3, 0.4) is 0 Å². The van der Waals surface area contributed by atoms with Crippen LogP contribution in [0.1, 0.15) is 156 Å². The molecule has 0 N–H and O–H groups in total. The topological polar surface area (TPSA) is 178 Å². The van der Waals surface area contributed by atoms with Gasteiger partial charge in [-0.3, -0.25) is 0 Å². The van der Waals surface area contributed by atoms with Gasteiger partial charge >= 0.3 is 84.3 Å². The number of anilines is 14. The van der Waals surface area contributed by atoms with Crippen molar-refractivity contribution in [1.29, 1.82) is 0 Å². The second kappa shape index (κ2) is 46.9. The first-order chi connectivity index (χ1) is 69.6. The number of fused-ring (bicyclic) bond motifs is 32. The van der Waals surface area contributed by atoms with Crippen LogP contribution in [0, 0.1) is 48.5 Å². The van der Waals surface area contributed by atoms with Crippen molar-refractivity contribution in [2.45, 2.75) is 157 Å². The Morgan fingerprint density at radius 3 is 0.703 bits per heavy atom. The maximum absolute atomic E-state index is 6.13. The molecule has 10 aromatic carbocycles. The molecule has 12 heterocycles. The minimum atomic E-state index is -0.434. The number of ether oxygens (including phenoxy) is 6. The molecule has 0 fully saturated rings. The van der Waals surface area contributed by atoms with Crippen LogP contribution in [0.25, 0.3) is 0 Å². The molecule has 0 unspecified atom stereocenters. The summed E-state index contributed by atoms with van der Waals surface area (Å²) in [5.74, 6) is 10.8. The third-order valence-corrected chi connectivity index (χ3v) is 25.5. The van der Waals surface area contributed by atoms with Gasteiger partial charge in [0.1, 0.15) is 34.9 Å². The Morgan fingerprint density at radius 2 is 0.405 bits per heavy atom. The molecule has 8 aromatic heterocycles. The zero-order valence-electron chi connectivity index (χ0n) is 84.8. The fraction of sp³-hybridized carbons (Fsp3) is 0.194. The summed E-state index contributed by atoms with van der Waals surface area (Å²) in [6.45, 7) is 34.9. The van der Waals surface area contributed by atoms with E-state index in [9.17, 15) is 0 Å². The first kappa shape index (κ1) is 108. The van der Waals surface area contributed by atoms with E-state index in [0.717, 1.165) is 125 Å². The van der Waals surface area contributed by atoms with Gasteiger partial charge in [0, 0.05) is 128 Å². The van der Waals surface area contributed by atoms with Gasteiger partial charge in [-0.1, -0.05) is 187 Å². The van der Waals surface area contributed by atoms with E-state index in [0.29, 0.717) is 69.8 Å². The summed E-state index contributed by atoms with van der Waals surface area (Å²) in [7, 11) is 0. The van der Waals surface area contributed by atoms with Crippen molar-refractivity contribution < 1.29 is 113 Å². The molecular formula is C124H110N14O6Pt4. The van der Waals surface area contributed by atoms with Crippen LogP contribution in [0.4, 0.5) is 80.4 Å². The van der Waals surface area contributed by atoms with Crippen molar-refractivity contribution in [3.05, 3.63) is 445 Å². The Hall–Kier alpha value is -14.2. The van der Waals surface area contributed by atoms with Crippen LogP contribution in [0.15, 0.2) is 352 Å². The predicted octanol–water partition coefficient (Wildman–Crippen LogP) is 30.7. The molecule has 0 radical (unpaired) electrons. The van der Waals surface area contributed by atoms with Crippen LogP contribution >= 0.6 is 0 Å². The van der Waals surface area contributed by atoms with Gasteiger partial charge in [-0.05, 0) is 140 Å². The molecule has 18 aromatic rings. The summed E-state index contributed by atoms with van der Waals surface area (Å²) < 4.78 is 35.4. The normalized spacial score (nSPS) is 13.9. The van der Waals surface area contributed by atoms with Gasteiger partial charge in [0.15, 0.2) is 0 Å². The largest absolute Gasteiger partial charge is 2.00 e. The Labute approximate surface area is 926 Å². The van der Waals surface area contributed by atoms with E-state index in [2.05, 4.69) is 393 Å². The zero-order valence-corrected chi connectivity index (χ0v) is 93.9. The smallest absolute Gasteiger partial charge is 0.466 e. The molecule has 4 aliphatic heterocycles. The molecule has 148 heavy (non-hydrogen) atoms. The van der Waals surface area contributed by atoms with Gasteiger partial charge in [0.2, 0.25) is 35.3 Å². The summed E-state index contributed by atoms with van der Waals surface area (Å²) in [6.07, 6.45) is 0. The number of benzene rings is 10. The Kier molecular flexibility index (Phi) is 34.2. The maximum atomic E-state index is 6.13. The van der Waals surface area contributed by atoms with Gasteiger partial charge in [0.25, 0.3) is 0 Å². The first-order valence-electron chi connectivity index (χ1n) is 48.5. The maximum Gasteiger partial charge on any atom is 2.00 e. The van der Waals surface area contributed by atoms with E-state index in [4.69, 9.17) is 58.3 Å². The molecule has 22 rings (SSSR count). The number of aromatic nitrogens is 8. The van der Waals surface area contributed by atoms with Crippen molar-refractivity contribution in [2.24, 2.45) is 0 Å². The minimum Gasteiger partial charge on any atom is -0.466 e. The standard InChI is InChI=1S/C40H34N4.C34H40N6.C28H24N2O2.C22H12N2O4.4Pt/c1-39(2)29-15-11-21-33(27-29)43(31-17-7-5-8-18-31)38-26-14-24-36(42-38)40(3,4)30-16-12-22-34(28-30)44(32-19-9-6-10-20-32)37-25-13-23-35(39)41-37;1-23(2)37-27-13-9-14-28(21-27)38(24(3)4)33-19-12-20-34(36-33)40(26(7)8)30-16-10-15-29(22-30)39(25(5)6)32-18-11-17-31(37)35-32;1-27(2)19-9-5-11-21(17-19)31-26-16-8-14-24(30-26)28(3,4)20-10-6-12-22(18-20)32-25-15-7-13-23(27)29-25;1-5-15-13-16(6-1)26-20-10-4-12-22(24-20)28-18-8-2-7-17(14-18)27-21-11-3-9-19(23-21)25-15;;;;/h5-26H,1-4H3;9-20,23-26H,1-8H3;5-16H,1-4H3;1-12H;;;;/q4*-2;4*+2. The molecule has 20 nitrogen and oxygen atoms in total. The number of hydrogen-bond donors (Lipinski definition) is 0. The third-order valence-electron chi connectivity index (χ3n) is 25.5. The van der Waals surface area contributed by atoms with Crippen molar-refractivity contribution in [1.82, 2.24) is 39.9 Å². The fourth-order valence-electron chi connectivity index (χ4n) is 17.8. The van der Waals surface area contributed by atoms with E-state index in [1.807, 2.05) is 84.9 Å². The molecule has 0 amide bonds. The van der Waals surface area contributed by atoms with E-state index < -0.39 is 21.7 Å². The second-order valence-electron chi connectivity index (χ2n) is 38.5. The average Bonchev–Trinajstić information content (AvgIpc) is 0.758. The molecule has 0 saturated carbocycles. The third kappa shape index (κ3) is 24.1. The van der Waals surface area contributed by atoms with Crippen molar-refractivity contribution in [3.8, 4) is 69.8 Å². The van der Waals surface area contributed by atoms with Gasteiger partial charge < -0.3 is 57.8 Å².